The van der Waals surface area contributed by atoms with Crippen molar-refractivity contribution < 1.29 is 13.2 Å². The molecule has 7 nitrogen and oxygen atoms in total. The van der Waals surface area contributed by atoms with Gasteiger partial charge in [0, 0.05) is 18.0 Å². The molecule has 134 valence electrons. The van der Waals surface area contributed by atoms with Gasteiger partial charge in [0.2, 0.25) is 5.78 Å². The number of pyridine rings is 2. The van der Waals surface area contributed by atoms with Gasteiger partial charge in [-0.05, 0) is 30.3 Å². The Morgan fingerprint density at radius 2 is 1.92 bits per heavy atom. The summed E-state index contributed by atoms with van der Waals surface area (Å²) in [4.78, 5) is 20.5. The topological polar surface area (TPSA) is 115 Å². The largest absolute Gasteiger partial charge is 0.384 e. The van der Waals surface area contributed by atoms with E-state index in [0.717, 1.165) is 11.3 Å². The van der Waals surface area contributed by atoms with Crippen molar-refractivity contribution in [3.8, 4) is 0 Å². The van der Waals surface area contributed by atoms with E-state index >= 15 is 0 Å². The summed E-state index contributed by atoms with van der Waals surface area (Å²) in [6.45, 7) is 0. The number of aromatic nitrogens is 2. The lowest BCUT2D eigenvalue weighted by molar-refractivity contribution is 0.103. The van der Waals surface area contributed by atoms with Gasteiger partial charge in [-0.1, -0.05) is 23.2 Å². The second kappa shape index (κ2) is 7.20. The molecule has 0 saturated carbocycles. The molecule has 0 amide bonds. The Morgan fingerprint density at radius 1 is 1.15 bits per heavy atom. The molecule has 3 heterocycles. The molecule has 0 aliphatic carbocycles. The highest BCUT2D eigenvalue weighted by molar-refractivity contribution is 7.94. The molecule has 3 aromatic rings. The molecular weight excluding hydrogens is 419 g/mol. The lowest BCUT2D eigenvalue weighted by atomic mass is 10.1. The zero-order valence-corrected chi connectivity index (χ0v) is 16.0. The first-order valence-corrected chi connectivity index (χ1v) is 10.0. The van der Waals surface area contributed by atoms with E-state index < -0.39 is 15.8 Å². The van der Waals surface area contributed by atoms with Crippen molar-refractivity contribution in [2.45, 2.75) is 4.21 Å². The molecule has 3 aromatic heterocycles. The third-order valence-electron chi connectivity index (χ3n) is 3.17. The van der Waals surface area contributed by atoms with Gasteiger partial charge >= 0.3 is 0 Å². The van der Waals surface area contributed by atoms with Crippen molar-refractivity contribution in [1.29, 1.82) is 0 Å². The van der Waals surface area contributed by atoms with E-state index in [2.05, 4.69) is 14.7 Å². The molecule has 3 N–H and O–H groups in total. The minimum atomic E-state index is -3.96. The standard InChI is InChI=1S/C15H10Cl2N4O3S2/c16-9-6-10(21-26(23,24)13-2-1-11(17)25-13)14(20-7-9)15(22)8-3-4-19-12(18)5-8/h1-7,21H,(H2,18,19). The number of hydrogen-bond acceptors (Lipinski definition) is 7. The third-order valence-corrected chi connectivity index (χ3v) is 6.47. The summed E-state index contributed by atoms with van der Waals surface area (Å²) in [6.07, 6.45) is 2.62. The first kappa shape index (κ1) is 18.6. The molecule has 0 radical (unpaired) electrons. The number of anilines is 2. The molecule has 0 bridgehead atoms. The van der Waals surface area contributed by atoms with Crippen LogP contribution >= 0.6 is 34.5 Å². The van der Waals surface area contributed by atoms with Gasteiger partial charge in [0.05, 0.1) is 15.0 Å². The number of ketones is 1. The molecule has 26 heavy (non-hydrogen) atoms. The molecule has 0 aliphatic heterocycles. The average molecular weight is 429 g/mol. The molecule has 0 aliphatic rings. The monoisotopic (exact) mass is 428 g/mol. The second-order valence-corrected chi connectivity index (χ2v) is 9.07. The van der Waals surface area contributed by atoms with Gasteiger partial charge in [0.25, 0.3) is 10.0 Å². The predicted octanol–water partition coefficient (Wildman–Crippen LogP) is 3.46. The van der Waals surface area contributed by atoms with Crippen molar-refractivity contribution >= 4 is 61.9 Å². The Labute approximate surface area is 162 Å². The highest BCUT2D eigenvalue weighted by Crippen LogP contribution is 2.29. The molecule has 0 spiro atoms. The van der Waals surface area contributed by atoms with Gasteiger partial charge < -0.3 is 5.73 Å². The summed E-state index contributed by atoms with van der Waals surface area (Å²) >= 11 is 12.6. The molecule has 0 atom stereocenters. The van der Waals surface area contributed by atoms with E-state index in [1.54, 1.807) is 0 Å². The van der Waals surface area contributed by atoms with Gasteiger partial charge in [-0.15, -0.1) is 11.3 Å². The molecule has 11 heteroatoms. The van der Waals surface area contributed by atoms with Crippen molar-refractivity contribution in [3.63, 3.8) is 0 Å². The van der Waals surface area contributed by atoms with E-state index in [0.29, 0.717) is 4.34 Å². The molecule has 0 aromatic carbocycles. The Morgan fingerprint density at radius 3 is 2.58 bits per heavy atom. The predicted molar refractivity (Wildman–Crippen MR) is 101 cm³/mol. The molecular formula is C15H10Cl2N4O3S2. The van der Waals surface area contributed by atoms with Gasteiger partial charge in [-0.2, -0.15) is 0 Å². The summed E-state index contributed by atoms with van der Waals surface area (Å²) in [5.41, 5.74) is 5.63. The van der Waals surface area contributed by atoms with E-state index in [9.17, 15) is 13.2 Å². The molecule has 0 saturated heterocycles. The smallest absolute Gasteiger partial charge is 0.271 e. The zero-order valence-electron chi connectivity index (χ0n) is 12.8. The Hall–Kier alpha value is -2.20. The fourth-order valence-electron chi connectivity index (χ4n) is 2.06. The fourth-order valence-corrected chi connectivity index (χ4v) is 4.76. The van der Waals surface area contributed by atoms with Gasteiger partial charge in [-0.25, -0.2) is 18.4 Å². The van der Waals surface area contributed by atoms with Crippen molar-refractivity contribution in [2.24, 2.45) is 0 Å². The van der Waals surface area contributed by atoms with E-state index in [1.807, 2.05) is 0 Å². The van der Waals surface area contributed by atoms with Crippen LogP contribution < -0.4 is 10.5 Å². The number of sulfonamides is 1. The average Bonchev–Trinajstić information content (AvgIpc) is 3.01. The van der Waals surface area contributed by atoms with Crippen LogP contribution in [-0.4, -0.2) is 24.2 Å². The summed E-state index contributed by atoms with van der Waals surface area (Å²) in [7, 11) is -3.96. The lowest BCUT2D eigenvalue weighted by Crippen LogP contribution is -2.16. The van der Waals surface area contributed by atoms with Crippen LogP contribution in [0.5, 0.6) is 0 Å². The van der Waals surface area contributed by atoms with Crippen molar-refractivity contribution in [1.82, 2.24) is 9.97 Å². The quantitative estimate of drug-likeness (QED) is 0.601. The van der Waals surface area contributed by atoms with Crippen LogP contribution in [0, 0.1) is 0 Å². The highest BCUT2D eigenvalue weighted by atomic mass is 35.5. The number of carbonyl (C=O) groups excluding carboxylic acids is 1. The first-order valence-electron chi connectivity index (χ1n) is 6.96. The highest BCUT2D eigenvalue weighted by Gasteiger charge is 2.22. The number of thiophene rings is 1. The van der Waals surface area contributed by atoms with Crippen LogP contribution in [0.3, 0.4) is 0 Å². The zero-order chi connectivity index (χ0) is 18.9. The van der Waals surface area contributed by atoms with Crippen LogP contribution in [0.1, 0.15) is 16.1 Å². The van der Waals surface area contributed by atoms with Crippen LogP contribution in [0.2, 0.25) is 9.36 Å². The lowest BCUT2D eigenvalue weighted by Gasteiger charge is -2.11. The second-order valence-electron chi connectivity index (χ2n) is 5.01. The van der Waals surface area contributed by atoms with Crippen LogP contribution in [0.25, 0.3) is 0 Å². The number of nitrogen functional groups attached to an aromatic ring is 1. The van der Waals surface area contributed by atoms with Crippen molar-refractivity contribution in [2.75, 3.05) is 10.5 Å². The summed E-state index contributed by atoms with van der Waals surface area (Å²) in [6, 6.07) is 6.95. The number of hydrogen-bond donors (Lipinski definition) is 2. The number of rotatable bonds is 5. The van der Waals surface area contributed by atoms with Crippen LogP contribution in [0.4, 0.5) is 11.5 Å². The number of halogens is 2. The normalized spacial score (nSPS) is 11.3. The summed E-state index contributed by atoms with van der Waals surface area (Å²) in [5.74, 6) is -0.377. The Bertz CT molecular complexity index is 1100. The van der Waals surface area contributed by atoms with Crippen molar-refractivity contribution in [3.05, 3.63) is 63.3 Å². The maximum absolute atomic E-state index is 12.7. The van der Waals surface area contributed by atoms with Gasteiger partial charge in [0.1, 0.15) is 15.7 Å². The maximum atomic E-state index is 12.7. The number of nitrogens with two attached hydrogens (primary N) is 1. The van der Waals surface area contributed by atoms with Crippen LogP contribution in [-0.2, 0) is 10.0 Å². The SMILES string of the molecule is Nc1cc(C(=O)c2ncc(Cl)cc2NS(=O)(=O)c2ccc(Cl)s2)ccn1. The first-order chi connectivity index (χ1) is 12.3. The third kappa shape index (κ3) is 3.96. The minimum Gasteiger partial charge on any atom is -0.384 e. The molecule has 0 unspecified atom stereocenters. The Kier molecular flexibility index (Phi) is 5.15. The molecule has 3 rings (SSSR count). The number of nitrogens with one attached hydrogen (secondary N) is 1. The van der Waals surface area contributed by atoms with E-state index in [-0.39, 0.29) is 32.0 Å². The molecule has 0 fully saturated rings. The fraction of sp³-hybridized carbons (Fsp3) is 0. The number of carbonyl (C=O) groups is 1. The minimum absolute atomic E-state index is 0.00553. The van der Waals surface area contributed by atoms with E-state index in [4.69, 9.17) is 28.9 Å². The summed E-state index contributed by atoms with van der Waals surface area (Å²) < 4.78 is 27.7. The van der Waals surface area contributed by atoms with Gasteiger partial charge in [-0.3, -0.25) is 9.52 Å². The Balaban J connectivity index is 2.03. The van der Waals surface area contributed by atoms with Crippen LogP contribution in [0.15, 0.2) is 46.9 Å². The summed E-state index contributed by atoms with van der Waals surface area (Å²) in [5, 5.41) is 0.165. The number of nitrogens with zero attached hydrogens (tertiary/aromatic N) is 2. The maximum Gasteiger partial charge on any atom is 0.271 e. The van der Waals surface area contributed by atoms with Gasteiger partial charge in [0.15, 0.2) is 0 Å². The van der Waals surface area contributed by atoms with E-state index in [1.165, 1.54) is 42.7 Å².